The molecule has 3 aliphatic rings. The van der Waals surface area contributed by atoms with Crippen molar-refractivity contribution in [3.05, 3.63) is 70.8 Å². The Morgan fingerprint density at radius 1 is 0.652 bits per heavy atom. The van der Waals surface area contributed by atoms with Crippen molar-refractivity contribution in [3.8, 4) is 0 Å². The van der Waals surface area contributed by atoms with Crippen LogP contribution in [0.1, 0.15) is 75.2 Å². The highest BCUT2D eigenvalue weighted by atomic mass is 19.4. The van der Waals surface area contributed by atoms with Crippen LogP contribution in [-0.2, 0) is 39.9 Å². The van der Waals surface area contributed by atoms with Crippen molar-refractivity contribution in [2.45, 2.75) is 166 Å². The Labute approximate surface area is 504 Å². The molecule has 24 nitrogen and oxygen atoms in total. The molecule has 92 heavy (non-hydrogen) atoms. The number of nitrogens with one attached hydrogen (secondary N) is 5. The monoisotopic (exact) mass is 1360 g/mol. The second-order valence-corrected chi connectivity index (χ2v) is 20.9. The van der Waals surface area contributed by atoms with E-state index in [9.17, 15) is 154 Å². The summed E-state index contributed by atoms with van der Waals surface area (Å²) < 4.78 is 247. The van der Waals surface area contributed by atoms with Crippen LogP contribution in [0.25, 0.3) is 0 Å². The highest BCUT2D eigenvalue weighted by Gasteiger charge is 2.95. The summed E-state index contributed by atoms with van der Waals surface area (Å²) in [5.74, 6) is -68.5. The Morgan fingerprint density at radius 3 is 1.77 bits per heavy atom. The number of hydrogen-bond acceptors (Lipinski definition) is 18. The topological polar surface area (TPSA) is 380 Å². The molecule has 3 unspecified atom stereocenters. The van der Waals surface area contributed by atoms with Crippen molar-refractivity contribution < 1.29 is 163 Å². The lowest BCUT2D eigenvalue weighted by Crippen LogP contribution is -2.74. The van der Waals surface area contributed by atoms with Gasteiger partial charge >= 0.3 is 47.6 Å². The van der Waals surface area contributed by atoms with E-state index in [1.54, 1.807) is 11.4 Å². The summed E-state index contributed by atoms with van der Waals surface area (Å²) in [7, 11) is 0. The van der Waals surface area contributed by atoms with Gasteiger partial charge in [0.05, 0.1) is 24.3 Å². The number of carbonyl (C=O) groups excluding carboxylic acids is 8. The highest BCUT2D eigenvalue weighted by molar-refractivity contribution is 6.24. The van der Waals surface area contributed by atoms with Gasteiger partial charge in [0, 0.05) is 37.9 Å². The Bertz CT molecular complexity index is 3030. The van der Waals surface area contributed by atoms with Crippen molar-refractivity contribution in [3.63, 3.8) is 0 Å². The molecule has 2 saturated heterocycles. The van der Waals surface area contributed by atoms with E-state index in [0.29, 0.717) is 10.5 Å². The van der Waals surface area contributed by atoms with E-state index < -0.39 is 220 Å². The maximum Gasteiger partial charge on any atom is 0.460 e. The molecule has 2 aromatic carbocycles. The molecule has 2 fully saturated rings. The third kappa shape index (κ3) is 15.0. The van der Waals surface area contributed by atoms with Gasteiger partial charge in [0.25, 0.3) is 23.6 Å². The molecule has 3 heterocycles. The average Bonchev–Trinajstić information content (AvgIpc) is 0.894. The van der Waals surface area contributed by atoms with Crippen LogP contribution in [0.3, 0.4) is 0 Å². The average molecular weight is 1360 g/mol. The van der Waals surface area contributed by atoms with Crippen molar-refractivity contribution in [1.29, 1.82) is 0 Å². The normalized spacial score (nSPS) is 22.6. The number of piperidine rings is 1. The minimum Gasteiger partial charge on any atom is -0.394 e. The number of carbonyl (C=O) groups is 8. The number of unbranched alkanes of at least 4 members (excludes halogenated alkanes) is 1. The molecule has 2 aromatic rings. The minimum absolute atomic E-state index is 0.212. The summed E-state index contributed by atoms with van der Waals surface area (Å²) in [6.07, 6.45) is -35.5. The van der Waals surface area contributed by atoms with E-state index in [2.05, 4.69) is 10.6 Å². The SMILES string of the molecule is O=C1CCC(N2C(=O)c3ccc(C(=O)NC(Cc4ccccc4)C(=O)NCCCCC(NC(=O)[C@H](O)[C@@H](O)[C@H](O[C@@H]4O[C@H](CO)[C@H](O)[C@H](O)[C@H]4O)[C@H](O)CO)C(=O)NCCC(F)(F)C(F)(F)C(F)(F)C(F)(F)C(F)(F)C(F)(F)C(F)(F)C(F)(F)F)cc3C2=O)C(=O)N1. The Morgan fingerprint density at radius 2 is 1.21 bits per heavy atom. The minimum atomic E-state index is -8.93. The molecule has 3 aliphatic heterocycles. The van der Waals surface area contributed by atoms with Crippen LogP contribution in [-0.4, -0.2) is 240 Å². The fourth-order valence-corrected chi connectivity index (χ4v) is 9.24. The predicted octanol–water partition coefficient (Wildman–Crippen LogP) is -0.0240. The second kappa shape index (κ2) is 28.7. The van der Waals surface area contributed by atoms with Crippen LogP contribution in [0.2, 0.25) is 0 Å². The van der Waals surface area contributed by atoms with Crippen molar-refractivity contribution in [2.24, 2.45) is 0 Å². The van der Waals surface area contributed by atoms with E-state index in [-0.39, 0.29) is 36.0 Å². The number of amides is 8. The standard InChI is InChI=1S/C51H55F17N6O18/c52-44(53,45(54,55)46(56,57)47(58,59)48(60,61)49(62,63)50(64,65)51(66,67)68)13-15-70-37(85)24(71-40(88)33(82)32(81)35(27(77)18-75)92-43-34(83)31(80)30(79)28(19-76)91-43)8-4-5-14-69-38(86)25(16-20-6-2-1-3-7-20)72-36(84)21-9-10-22-23(17-21)42(90)74(41(22)89)26-11-12-29(78)73-39(26)87/h1-3,6-7,9-10,17,24-28,30-35,43,75-77,79-83H,4-5,8,11-16,18-19H2,(H,69,86)(H,70,85)(H,71,88)(H,72,84)(H,73,78,87)/t24?,25?,26?,27-,28-,30+,31+,32-,33-,34-,35-,43+/m1/s1. The zero-order chi connectivity index (χ0) is 69.8. The van der Waals surface area contributed by atoms with Crippen LogP contribution in [0, 0.1) is 0 Å². The number of benzene rings is 2. The maximum atomic E-state index is 14.9. The van der Waals surface area contributed by atoms with Crippen molar-refractivity contribution in [1.82, 2.24) is 31.5 Å². The smallest absolute Gasteiger partial charge is 0.394 e. The maximum absolute atomic E-state index is 14.9. The van der Waals surface area contributed by atoms with Gasteiger partial charge in [0.15, 0.2) is 12.4 Å². The number of imide groups is 2. The summed E-state index contributed by atoms with van der Waals surface area (Å²) in [5.41, 5.74) is -0.479. The molecule has 0 saturated carbocycles. The van der Waals surface area contributed by atoms with Gasteiger partial charge in [0.1, 0.15) is 60.9 Å². The van der Waals surface area contributed by atoms with Gasteiger partial charge in [-0.3, -0.25) is 48.6 Å². The summed E-state index contributed by atoms with van der Waals surface area (Å²) in [4.78, 5) is 106. The summed E-state index contributed by atoms with van der Waals surface area (Å²) in [6.45, 7) is -5.37. The number of ether oxygens (including phenoxy) is 2. The summed E-state index contributed by atoms with van der Waals surface area (Å²) in [5, 5.41) is 91.7. The van der Waals surface area contributed by atoms with Gasteiger partial charge in [-0.1, -0.05) is 30.3 Å². The van der Waals surface area contributed by atoms with E-state index in [4.69, 9.17) is 9.47 Å². The van der Waals surface area contributed by atoms with Gasteiger partial charge < -0.3 is 71.6 Å². The van der Waals surface area contributed by atoms with Crippen LogP contribution < -0.4 is 26.6 Å². The third-order valence-corrected chi connectivity index (χ3v) is 14.6. The molecular formula is C51H55F17N6O18. The van der Waals surface area contributed by atoms with Crippen molar-refractivity contribution >= 4 is 47.3 Å². The van der Waals surface area contributed by atoms with Gasteiger partial charge in [-0.05, 0) is 49.4 Å². The first-order valence-electron chi connectivity index (χ1n) is 26.7. The Balaban J connectivity index is 1.34. The van der Waals surface area contributed by atoms with Crippen LogP contribution >= 0.6 is 0 Å². The quantitative estimate of drug-likeness (QED) is 0.0278. The van der Waals surface area contributed by atoms with Gasteiger partial charge in [0.2, 0.25) is 23.6 Å². The van der Waals surface area contributed by atoms with Crippen molar-refractivity contribution in [2.75, 3.05) is 26.3 Å². The number of nitrogens with zero attached hydrogens (tertiary/aromatic N) is 1. The summed E-state index contributed by atoms with van der Waals surface area (Å²) in [6, 6.07) is 5.43. The number of hydrogen-bond donors (Lipinski definition) is 13. The molecule has 5 rings (SSSR count). The number of alkyl halides is 17. The van der Waals surface area contributed by atoms with Crippen LogP contribution in [0.4, 0.5) is 74.6 Å². The Hall–Kier alpha value is -6.99. The van der Waals surface area contributed by atoms with E-state index >= 15 is 0 Å². The Kier molecular flexibility index (Phi) is 23.6. The fourth-order valence-electron chi connectivity index (χ4n) is 9.24. The highest BCUT2D eigenvalue weighted by Crippen LogP contribution is 2.64. The summed E-state index contributed by atoms with van der Waals surface area (Å²) >= 11 is 0. The van der Waals surface area contributed by atoms with Crippen LogP contribution in [0.15, 0.2) is 48.5 Å². The van der Waals surface area contributed by atoms with Gasteiger partial charge in [-0.2, -0.15) is 74.6 Å². The first-order valence-corrected chi connectivity index (χ1v) is 26.7. The molecule has 0 aliphatic carbocycles. The lowest BCUT2D eigenvalue weighted by molar-refractivity contribution is -0.461. The molecule has 13 N–H and O–H groups in total. The molecule has 516 valence electrons. The second-order valence-electron chi connectivity index (χ2n) is 20.9. The zero-order valence-corrected chi connectivity index (χ0v) is 46.4. The lowest BCUT2D eigenvalue weighted by atomic mass is 9.88. The fraction of sp³-hybridized carbons (Fsp3) is 0.608. The van der Waals surface area contributed by atoms with Gasteiger partial charge in [-0.25, -0.2) is 0 Å². The lowest BCUT2D eigenvalue weighted by Gasteiger charge is -2.42. The predicted molar refractivity (Wildman–Crippen MR) is 265 cm³/mol. The van der Waals surface area contributed by atoms with Gasteiger partial charge in [-0.15, -0.1) is 0 Å². The first-order chi connectivity index (χ1) is 42.3. The van der Waals surface area contributed by atoms with E-state index in [1.165, 1.54) is 29.6 Å². The van der Waals surface area contributed by atoms with Crippen LogP contribution in [0.5, 0.6) is 0 Å². The number of aliphatic hydroxyl groups excluding tert-OH is 8. The number of halogens is 17. The molecule has 0 radical (unpaired) electrons. The molecule has 41 heteroatoms. The number of fused-ring (bicyclic) bond motifs is 1. The molecule has 12 atom stereocenters. The van der Waals surface area contributed by atoms with E-state index in [1.807, 2.05) is 5.32 Å². The molecule has 8 amide bonds. The zero-order valence-electron chi connectivity index (χ0n) is 46.4. The van der Waals surface area contributed by atoms with E-state index in [0.717, 1.165) is 18.2 Å². The third-order valence-electron chi connectivity index (χ3n) is 14.6. The number of aliphatic hydroxyl groups is 8. The largest absolute Gasteiger partial charge is 0.460 e. The molecule has 0 aromatic heterocycles. The molecule has 0 bridgehead atoms. The molecular weight excluding hydrogens is 1310 g/mol. The first kappa shape index (κ1) is 75.7. The molecule has 0 spiro atoms. The number of rotatable bonds is 30.